The average Bonchev–Trinajstić information content (AvgIpc) is 3.22. The third kappa shape index (κ3) is 3.65. The van der Waals surface area contributed by atoms with E-state index < -0.39 is 10.0 Å². The van der Waals surface area contributed by atoms with Gasteiger partial charge in [0.25, 0.3) is 15.9 Å². The molecule has 3 aromatic rings. The predicted octanol–water partition coefficient (Wildman–Crippen LogP) is 4.03. The van der Waals surface area contributed by atoms with Crippen LogP contribution in [0.15, 0.2) is 71.6 Å². The number of ether oxygens (including phenoxy) is 1. The molecule has 0 aromatic heterocycles. The average molecular weight is 437 g/mol. The Balaban J connectivity index is 1.72. The van der Waals surface area contributed by atoms with Crippen LogP contribution in [-0.2, 0) is 16.4 Å². The molecule has 0 aliphatic carbocycles. The molecule has 1 aliphatic rings. The first-order valence-electron chi connectivity index (χ1n) is 9.97. The highest BCUT2D eigenvalue weighted by Gasteiger charge is 2.29. The highest BCUT2D eigenvalue weighted by Crippen LogP contribution is 2.33. The molecule has 0 spiro atoms. The van der Waals surface area contributed by atoms with Crippen molar-refractivity contribution < 1.29 is 17.9 Å². The molecule has 1 aliphatic heterocycles. The molecule has 6 nitrogen and oxygen atoms in total. The number of carbonyl (C=O) groups is 1. The van der Waals surface area contributed by atoms with Gasteiger partial charge < -0.3 is 9.64 Å². The number of hydrogen-bond acceptors (Lipinski definition) is 4. The molecule has 4 rings (SSSR count). The summed E-state index contributed by atoms with van der Waals surface area (Å²) in [5.41, 5.74) is 3.53. The Morgan fingerprint density at radius 2 is 1.74 bits per heavy atom. The van der Waals surface area contributed by atoms with Gasteiger partial charge in [0.05, 0.1) is 17.7 Å². The molecular formula is C24H24N2O4S. The van der Waals surface area contributed by atoms with Crippen LogP contribution < -0.4 is 13.9 Å². The molecule has 1 amide bonds. The number of methoxy groups -OCH3 is 1. The van der Waals surface area contributed by atoms with Gasteiger partial charge in [-0.3, -0.25) is 9.10 Å². The molecule has 0 fully saturated rings. The molecule has 0 radical (unpaired) electrons. The van der Waals surface area contributed by atoms with Crippen LogP contribution in [0.2, 0.25) is 0 Å². The maximum atomic E-state index is 13.4. The van der Waals surface area contributed by atoms with E-state index in [1.165, 1.54) is 30.6 Å². The van der Waals surface area contributed by atoms with Gasteiger partial charge in [0.1, 0.15) is 5.75 Å². The molecular weight excluding hydrogens is 412 g/mol. The van der Waals surface area contributed by atoms with Crippen LogP contribution in [0.5, 0.6) is 5.75 Å². The van der Waals surface area contributed by atoms with Crippen LogP contribution in [0.1, 0.15) is 21.5 Å². The van der Waals surface area contributed by atoms with Gasteiger partial charge in [0.15, 0.2) is 0 Å². The van der Waals surface area contributed by atoms with Crippen molar-refractivity contribution in [2.75, 3.05) is 29.9 Å². The molecule has 160 valence electrons. The second-order valence-electron chi connectivity index (χ2n) is 7.46. The SMILES string of the molecule is COc1ccccc1N(C)S(=O)(=O)c1ccc(C)c(C(=O)N2CCc3ccccc32)c1. The number of amides is 1. The summed E-state index contributed by atoms with van der Waals surface area (Å²) in [5, 5.41) is 0. The number of anilines is 2. The third-order valence-corrected chi connectivity index (χ3v) is 7.42. The predicted molar refractivity (Wildman–Crippen MR) is 122 cm³/mol. The Morgan fingerprint density at radius 3 is 2.52 bits per heavy atom. The number of sulfonamides is 1. The van der Waals surface area contributed by atoms with Gasteiger partial charge >= 0.3 is 0 Å². The topological polar surface area (TPSA) is 66.9 Å². The van der Waals surface area contributed by atoms with Gasteiger partial charge in [-0.2, -0.15) is 0 Å². The summed E-state index contributed by atoms with van der Waals surface area (Å²) in [4.78, 5) is 15.1. The number of benzene rings is 3. The van der Waals surface area contributed by atoms with E-state index in [9.17, 15) is 13.2 Å². The summed E-state index contributed by atoms with van der Waals surface area (Å²) < 4.78 is 33.2. The largest absolute Gasteiger partial charge is 0.495 e. The van der Waals surface area contributed by atoms with Crippen molar-refractivity contribution >= 4 is 27.3 Å². The number of rotatable bonds is 5. The van der Waals surface area contributed by atoms with E-state index in [1.54, 1.807) is 35.2 Å². The van der Waals surface area contributed by atoms with Crippen LogP contribution >= 0.6 is 0 Å². The Morgan fingerprint density at radius 1 is 1.03 bits per heavy atom. The van der Waals surface area contributed by atoms with Gasteiger partial charge in [0.2, 0.25) is 0 Å². The van der Waals surface area contributed by atoms with E-state index in [1.807, 2.05) is 31.2 Å². The molecule has 0 bridgehead atoms. The van der Waals surface area contributed by atoms with Crippen LogP contribution in [0.4, 0.5) is 11.4 Å². The second-order valence-corrected chi connectivity index (χ2v) is 9.43. The number of carbonyl (C=O) groups excluding carboxylic acids is 1. The zero-order chi connectivity index (χ0) is 22.2. The van der Waals surface area contributed by atoms with Gasteiger partial charge in [-0.25, -0.2) is 8.42 Å². The highest BCUT2D eigenvalue weighted by atomic mass is 32.2. The van der Waals surface area contributed by atoms with Crippen molar-refractivity contribution in [1.29, 1.82) is 0 Å². The molecule has 0 saturated heterocycles. The summed E-state index contributed by atoms with van der Waals surface area (Å²) in [6.07, 6.45) is 0.787. The lowest BCUT2D eigenvalue weighted by atomic mass is 10.1. The summed E-state index contributed by atoms with van der Waals surface area (Å²) >= 11 is 0. The van der Waals surface area contributed by atoms with E-state index in [0.29, 0.717) is 23.5 Å². The summed E-state index contributed by atoms with van der Waals surface area (Å²) in [5.74, 6) is 0.255. The quantitative estimate of drug-likeness (QED) is 0.606. The Labute approximate surface area is 182 Å². The van der Waals surface area contributed by atoms with Crippen LogP contribution in [-0.4, -0.2) is 35.0 Å². The van der Waals surface area contributed by atoms with Crippen molar-refractivity contribution in [2.24, 2.45) is 0 Å². The second kappa shape index (κ2) is 8.07. The van der Waals surface area contributed by atoms with Crippen molar-refractivity contribution in [3.63, 3.8) is 0 Å². The summed E-state index contributed by atoms with van der Waals surface area (Å²) in [7, 11) is -0.926. The lowest BCUT2D eigenvalue weighted by Crippen LogP contribution is -2.30. The van der Waals surface area contributed by atoms with Crippen LogP contribution in [0, 0.1) is 6.92 Å². The first-order chi connectivity index (χ1) is 14.8. The smallest absolute Gasteiger partial charge is 0.264 e. The van der Waals surface area contributed by atoms with E-state index in [2.05, 4.69) is 0 Å². The summed E-state index contributed by atoms with van der Waals surface area (Å²) in [6, 6.07) is 19.4. The van der Waals surface area contributed by atoms with Gasteiger partial charge in [-0.05, 0) is 54.8 Å². The minimum atomic E-state index is -3.90. The molecule has 0 atom stereocenters. The van der Waals surface area contributed by atoms with E-state index >= 15 is 0 Å². The zero-order valence-electron chi connectivity index (χ0n) is 17.7. The van der Waals surface area contributed by atoms with Crippen LogP contribution in [0.25, 0.3) is 0 Å². The normalized spacial score (nSPS) is 13.1. The van der Waals surface area contributed by atoms with Crippen LogP contribution in [0.3, 0.4) is 0 Å². The number of aryl methyl sites for hydroxylation is 1. The minimum Gasteiger partial charge on any atom is -0.495 e. The van der Waals surface area contributed by atoms with E-state index in [4.69, 9.17) is 4.74 Å². The first-order valence-corrected chi connectivity index (χ1v) is 11.4. The molecule has 0 saturated carbocycles. The highest BCUT2D eigenvalue weighted by molar-refractivity contribution is 7.92. The Hall–Kier alpha value is -3.32. The molecule has 1 heterocycles. The van der Waals surface area contributed by atoms with Gasteiger partial charge in [-0.1, -0.05) is 36.4 Å². The monoisotopic (exact) mass is 436 g/mol. The van der Waals surface area contributed by atoms with E-state index in [0.717, 1.165) is 23.2 Å². The number of fused-ring (bicyclic) bond motifs is 1. The number of para-hydroxylation sites is 3. The molecule has 0 unspecified atom stereocenters. The molecule has 3 aromatic carbocycles. The fourth-order valence-electron chi connectivity index (χ4n) is 3.86. The lowest BCUT2D eigenvalue weighted by Gasteiger charge is -2.23. The fourth-order valence-corrected chi connectivity index (χ4v) is 5.10. The minimum absolute atomic E-state index is 0.0577. The van der Waals surface area contributed by atoms with Crippen molar-refractivity contribution in [3.8, 4) is 5.75 Å². The molecule has 31 heavy (non-hydrogen) atoms. The van der Waals surface area contributed by atoms with Crippen molar-refractivity contribution in [3.05, 3.63) is 83.4 Å². The third-order valence-electron chi connectivity index (χ3n) is 5.65. The van der Waals surface area contributed by atoms with E-state index in [-0.39, 0.29) is 10.8 Å². The molecule has 7 heteroatoms. The maximum absolute atomic E-state index is 13.4. The maximum Gasteiger partial charge on any atom is 0.264 e. The number of hydrogen-bond donors (Lipinski definition) is 0. The fraction of sp³-hybridized carbons (Fsp3) is 0.208. The Kier molecular flexibility index (Phi) is 5.45. The lowest BCUT2D eigenvalue weighted by molar-refractivity contribution is 0.0988. The standard InChI is InChI=1S/C24H24N2O4S/c1-17-12-13-19(31(28,29)25(2)22-10-6-7-11-23(22)30-3)16-20(17)24(27)26-15-14-18-8-4-5-9-21(18)26/h4-13,16H,14-15H2,1-3H3. The van der Waals surface area contributed by atoms with Crippen molar-refractivity contribution in [1.82, 2.24) is 0 Å². The summed E-state index contributed by atoms with van der Waals surface area (Å²) in [6.45, 7) is 2.39. The van der Waals surface area contributed by atoms with Gasteiger partial charge in [0, 0.05) is 24.8 Å². The number of nitrogens with zero attached hydrogens (tertiary/aromatic N) is 2. The first kappa shape index (κ1) is 20.9. The zero-order valence-corrected chi connectivity index (χ0v) is 18.5. The Bertz CT molecular complexity index is 1250. The molecule has 0 N–H and O–H groups in total. The van der Waals surface area contributed by atoms with Crippen molar-refractivity contribution in [2.45, 2.75) is 18.2 Å². The van der Waals surface area contributed by atoms with Gasteiger partial charge in [-0.15, -0.1) is 0 Å².